The van der Waals surface area contributed by atoms with Gasteiger partial charge in [-0.25, -0.2) is 4.98 Å². The number of hydrogen-bond acceptors (Lipinski definition) is 4. The Hall–Kier alpha value is -0.840. The summed E-state index contributed by atoms with van der Waals surface area (Å²) in [4.78, 5) is 4.74. The molecule has 1 saturated heterocycles. The third kappa shape index (κ3) is 3.43. The van der Waals surface area contributed by atoms with Crippen molar-refractivity contribution < 1.29 is 5.11 Å². The summed E-state index contributed by atoms with van der Waals surface area (Å²) in [6.07, 6.45) is 4.06. The van der Waals surface area contributed by atoms with E-state index < -0.39 is 6.10 Å². The average Bonchev–Trinajstić information content (AvgIpc) is 2.97. The average molecular weight is 305 g/mol. The van der Waals surface area contributed by atoms with E-state index in [1.807, 2.05) is 42.1 Å². The van der Waals surface area contributed by atoms with E-state index in [9.17, 15) is 5.11 Å². The van der Waals surface area contributed by atoms with Gasteiger partial charge in [-0.1, -0.05) is 36.8 Å². The minimum atomic E-state index is -0.454. The van der Waals surface area contributed by atoms with Crippen LogP contribution in [0.5, 0.6) is 0 Å². The van der Waals surface area contributed by atoms with Crippen molar-refractivity contribution in [2.75, 3.05) is 5.75 Å². The van der Waals surface area contributed by atoms with E-state index in [1.165, 1.54) is 30.0 Å². The third-order valence-electron chi connectivity index (χ3n) is 3.61. The van der Waals surface area contributed by atoms with Gasteiger partial charge in [0.25, 0.3) is 0 Å². The van der Waals surface area contributed by atoms with E-state index in [0.717, 1.165) is 11.3 Å². The van der Waals surface area contributed by atoms with E-state index in [0.29, 0.717) is 11.7 Å². The summed E-state index contributed by atoms with van der Waals surface area (Å²) in [7, 11) is 0. The van der Waals surface area contributed by atoms with E-state index in [1.54, 1.807) is 11.3 Å². The van der Waals surface area contributed by atoms with Crippen molar-refractivity contribution in [1.82, 2.24) is 4.98 Å². The first-order valence-corrected chi connectivity index (χ1v) is 9.04. The molecular formula is C16H19NOS2. The molecule has 1 N–H and O–H groups in total. The van der Waals surface area contributed by atoms with E-state index in [-0.39, 0.29) is 0 Å². The second-order valence-electron chi connectivity index (χ2n) is 5.16. The molecule has 1 aliphatic heterocycles. The summed E-state index contributed by atoms with van der Waals surface area (Å²) in [5.41, 5.74) is 1.99. The second kappa shape index (κ2) is 6.74. The lowest BCUT2D eigenvalue weighted by molar-refractivity contribution is 0.177. The van der Waals surface area contributed by atoms with Crippen LogP contribution < -0.4 is 0 Å². The normalized spacial score (nSPS) is 20.8. The summed E-state index contributed by atoms with van der Waals surface area (Å²) >= 11 is 3.78. The maximum absolute atomic E-state index is 10.3. The number of benzene rings is 1. The molecule has 0 bridgehead atoms. The third-order valence-corrected chi connectivity index (χ3v) is 6.15. The smallest absolute Gasteiger partial charge is 0.106 e. The molecule has 3 rings (SSSR count). The molecule has 4 heteroatoms. The zero-order chi connectivity index (χ0) is 13.8. The Kier molecular flexibility index (Phi) is 4.76. The van der Waals surface area contributed by atoms with Gasteiger partial charge in [0, 0.05) is 11.8 Å². The predicted octanol–water partition coefficient (Wildman–Crippen LogP) is 4.38. The fraction of sp³-hybridized carbons (Fsp3) is 0.438. The van der Waals surface area contributed by atoms with Gasteiger partial charge in [0.15, 0.2) is 0 Å². The fourth-order valence-electron chi connectivity index (χ4n) is 2.49. The maximum atomic E-state index is 10.3. The molecule has 2 heterocycles. The second-order valence-corrected chi connectivity index (χ2v) is 7.36. The first-order valence-electron chi connectivity index (χ1n) is 7.12. The summed E-state index contributed by atoms with van der Waals surface area (Å²) in [6, 6.07) is 9.83. The molecule has 0 spiro atoms. The maximum Gasteiger partial charge on any atom is 0.106 e. The van der Waals surface area contributed by atoms with Crippen LogP contribution >= 0.6 is 23.1 Å². The largest absolute Gasteiger partial charge is 0.388 e. The van der Waals surface area contributed by atoms with Crippen molar-refractivity contribution in [3.63, 3.8) is 0 Å². The minimum Gasteiger partial charge on any atom is -0.388 e. The van der Waals surface area contributed by atoms with Crippen molar-refractivity contribution in [2.45, 2.75) is 37.0 Å². The highest BCUT2D eigenvalue weighted by molar-refractivity contribution is 7.99. The molecule has 1 aliphatic rings. The molecule has 2 nitrogen and oxygen atoms in total. The predicted molar refractivity (Wildman–Crippen MR) is 86.3 cm³/mol. The van der Waals surface area contributed by atoms with Crippen molar-refractivity contribution in [1.29, 1.82) is 0 Å². The topological polar surface area (TPSA) is 33.1 Å². The number of hydrogen-bond donors (Lipinski definition) is 1. The number of thiazole rings is 1. The van der Waals surface area contributed by atoms with Crippen LogP contribution in [0.15, 0.2) is 35.7 Å². The van der Waals surface area contributed by atoms with Gasteiger partial charge in [-0.15, -0.1) is 11.3 Å². The molecule has 1 fully saturated rings. The lowest BCUT2D eigenvalue weighted by Gasteiger charge is -2.18. The molecule has 2 unspecified atom stereocenters. The van der Waals surface area contributed by atoms with Crippen LogP contribution in [0.1, 0.15) is 46.9 Å². The van der Waals surface area contributed by atoms with Crippen LogP contribution in [0.3, 0.4) is 0 Å². The standard InChI is InChI=1S/C16H19NOS2/c18-14(12-6-2-1-3-7-12)10-13-11-20-16(17-13)15-8-4-5-9-19-15/h1-3,6-7,11,14-15,18H,4-5,8-10H2. The molecule has 106 valence electrons. The zero-order valence-electron chi connectivity index (χ0n) is 11.4. The van der Waals surface area contributed by atoms with Gasteiger partial charge in [0.2, 0.25) is 0 Å². The first-order chi connectivity index (χ1) is 9.83. The quantitative estimate of drug-likeness (QED) is 0.910. The van der Waals surface area contributed by atoms with Gasteiger partial charge in [0.1, 0.15) is 5.01 Å². The van der Waals surface area contributed by atoms with Gasteiger partial charge >= 0.3 is 0 Å². The Morgan fingerprint density at radius 1 is 1.25 bits per heavy atom. The molecule has 2 atom stereocenters. The summed E-state index contributed by atoms with van der Waals surface area (Å²) < 4.78 is 0. The molecule has 0 aliphatic carbocycles. The van der Waals surface area contributed by atoms with Gasteiger partial charge in [-0.2, -0.15) is 11.8 Å². The first kappa shape index (κ1) is 14.1. The van der Waals surface area contributed by atoms with Crippen LogP contribution in [-0.4, -0.2) is 15.8 Å². The molecule has 2 aromatic rings. The Bertz CT molecular complexity index is 534. The van der Waals surface area contributed by atoms with Gasteiger partial charge < -0.3 is 5.11 Å². The molecule has 0 radical (unpaired) electrons. The number of aliphatic hydroxyl groups excluding tert-OH is 1. The summed E-state index contributed by atoms with van der Waals surface area (Å²) in [5.74, 6) is 1.26. The number of rotatable bonds is 4. The Labute approximate surface area is 128 Å². The van der Waals surface area contributed by atoms with Crippen LogP contribution in [0, 0.1) is 0 Å². The zero-order valence-corrected chi connectivity index (χ0v) is 13.0. The fourth-order valence-corrected chi connectivity index (χ4v) is 4.89. The number of aliphatic hydroxyl groups is 1. The van der Waals surface area contributed by atoms with Crippen LogP contribution in [0.4, 0.5) is 0 Å². The van der Waals surface area contributed by atoms with E-state index in [4.69, 9.17) is 4.98 Å². The number of aromatic nitrogens is 1. The van der Waals surface area contributed by atoms with E-state index in [2.05, 4.69) is 5.38 Å². The van der Waals surface area contributed by atoms with Crippen molar-refractivity contribution in [3.05, 3.63) is 52.0 Å². The highest BCUT2D eigenvalue weighted by Gasteiger charge is 2.20. The highest BCUT2D eigenvalue weighted by atomic mass is 32.2. The summed E-state index contributed by atoms with van der Waals surface area (Å²) in [6.45, 7) is 0. The van der Waals surface area contributed by atoms with Crippen molar-refractivity contribution in [3.8, 4) is 0 Å². The highest BCUT2D eigenvalue weighted by Crippen LogP contribution is 2.39. The van der Waals surface area contributed by atoms with E-state index >= 15 is 0 Å². The van der Waals surface area contributed by atoms with Crippen LogP contribution in [-0.2, 0) is 6.42 Å². The Morgan fingerprint density at radius 3 is 2.85 bits per heavy atom. The lowest BCUT2D eigenvalue weighted by atomic mass is 10.1. The molecule has 1 aromatic carbocycles. The molecule has 1 aromatic heterocycles. The Morgan fingerprint density at radius 2 is 2.10 bits per heavy atom. The molecule has 0 saturated carbocycles. The molecule has 0 amide bonds. The monoisotopic (exact) mass is 305 g/mol. The lowest BCUT2D eigenvalue weighted by Crippen LogP contribution is -2.04. The minimum absolute atomic E-state index is 0.454. The summed E-state index contributed by atoms with van der Waals surface area (Å²) in [5, 5.41) is 14.2. The van der Waals surface area contributed by atoms with Crippen LogP contribution in [0.25, 0.3) is 0 Å². The SMILES string of the molecule is OC(Cc1csc(C2CCCCS2)n1)c1ccccc1. The Balaban J connectivity index is 1.65. The number of nitrogens with zero attached hydrogens (tertiary/aromatic N) is 1. The van der Waals surface area contributed by atoms with Crippen molar-refractivity contribution in [2.24, 2.45) is 0 Å². The van der Waals surface area contributed by atoms with Gasteiger partial charge in [0.05, 0.1) is 17.0 Å². The van der Waals surface area contributed by atoms with Crippen molar-refractivity contribution >= 4 is 23.1 Å². The van der Waals surface area contributed by atoms with Crippen LogP contribution in [0.2, 0.25) is 0 Å². The van der Waals surface area contributed by atoms with Gasteiger partial charge in [-0.05, 0) is 24.2 Å². The molecule has 20 heavy (non-hydrogen) atoms. The number of thioether (sulfide) groups is 1. The molecular weight excluding hydrogens is 286 g/mol. The van der Waals surface area contributed by atoms with Gasteiger partial charge in [-0.3, -0.25) is 0 Å².